The number of ether oxygens (including phenoxy) is 2. The molecule has 0 saturated carbocycles. The summed E-state index contributed by atoms with van der Waals surface area (Å²) in [4.78, 5) is 24.7. The van der Waals surface area contributed by atoms with Crippen LogP contribution in [-0.2, 0) is 14.3 Å². The third kappa shape index (κ3) is 3.78. The van der Waals surface area contributed by atoms with Crippen LogP contribution in [0.1, 0.15) is 27.2 Å². The molecule has 1 heterocycles. The molecule has 3 N–H and O–H groups in total. The molecule has 1 aromatic rings. The van der Waals surface area contributed by atoms with Crippen LogP contribution in [-0.4, -0.2) is 38.7 Å². The Bertz CT molecular complexity index is 495. The number of thiophene rings is 1. The van der Waals surface area contributed by atoms with E-state index in [1.807, 2.05) is 13.8 Å². The van der Waals surface area contributed by atoms with E-state index in [-0.39, 0.29) is 25.0 Å². The lowest BCUT2D eigenvalue weighted by Crippen LogP contribution is -2.28. The molecule has 6 nitrogen and oxygen atoms in total. The van der Waals surface area contributed by atoms with Gasteiger partial charge in [-0.3, -0.25) is 4.79 Å². The number of aryl methyl sites for hydroxylation is 1. The van der Waals surface area contributed by atoms with Crippen LogP contribution >= 0.6 is 11.3 Å². The predicted octanol–water partition coefficient (Wildman–Crippen LogP) is 1.45. The maximum Gasteiger partial charge on any atom is 0.341 e. The van der Waals surface area contributed by atoms with Gasteiger partial charge in [-0.15, -0.1) is 11.3 Å². The summed E-state index contributed by atoms with van der Waals surface area (Å²) in [5.41, 5.74) is 6.70. The summed E-state index contributed by atoms with van der Waals surface area (Å²) in [7, 11) is 2.82. The third-order valence-electron chi connectivity index (χ3n) is 3.04. The Morgan fingerprint density at radius 1 is 1.35 bits per heavy atom. The van der Waals surface area contributed by atoms with Crippen molar-refractivity contribution >= 4 is 28.2 Å². The first-order valence-electron chi connectivity index (χ1n) is 6.15. The predicted molar refractivity (Wildman–Crippen MR) is 78.2 cm³/mol. The van der Waals surface area contributed by atoms with Crippen molar-refractivity contribution in [1.29, 1.82) is 0 Å². The summed E-state index contributed by atoms with van der Waals surface area (Å²) < 4.78 is 9.81. The number of rotatable bonds is 6. The van der Waals surface area contributed by atoms with Crippen molar-refractivity contribution in [3.63, 3.8) is 0 Å². The standard InChI is InChI=1S/C13H20N2O4S/c1-7-8(2)20-12(11(7)13(17)19-4)15-10(16)5-9(6-14)18-3/h9H,5-6,14H2,1-4H3,(H,15,16). The van der Waals surface area contributed by atoms with E-state index in [2.05, 4.69) is 5.32 Å². The first kappa shape index (κ1) is 16.6. The van der Waals surface area contributed by atoms with Gasteiger partial charge in [0.2, 0.25) is 5.91 Å². The molecule has 0 aliphatic carbocycles. The molecule has 0 fully saturated rings. The van der Waals surface area contributed by atoms with Gasteiger partial charge in [-0.05, 0) is 19.4 Å². The van der Waals surface area contributed by atoms with Gasteiger partial charge in [-0.1, -0.05) is 0 Å². The third-order valence-corrected chi connectivity index (χ3v) is 4.16. The maximum absolute atomic E-state index is 11.9. The van der Waals surface area contributed by atoms with Crippen LogP contribution in [0.3, 0.4) is 0 Å². The first-order chi connectivity index (χ1) is 9.44. The van der Waals surface area contributed by atoms with E-state index in [1.54, 1.807) is 0 Å². The summed E-state index contributed by atoms with van der Waals surface area (Å²) >= 11 is 1.35. The SMILES string of the molecule is COC(=O)c1c(NC(=O)CC(CN)OC)sc(C)c1C. The van der Waals surface area contributed by atoms with Crippen LogP contribution in [0.4, 0.5) is 5.00 Å². The number of anilines is 1. The molecule has 1 unspecified atom stereocenters. The van der Waals surface area contributed by atoms with Gasteiger partial charge in [0.1, 0.15) is 5.00 Å². The molecule has 1 atom stereocenters. The fourth-order valence-electron chi connectivity index (χ4n) is 1.71. The Kier molecular flexibility index (Phi) is 6.12. The van der Waals surface area contributed by atoms with Crippen LogP contribution in [0, 0.1) is 13.8 Å². The van der Waals surface area contributed by atoms with E-state index in [1.165, 1.54) is 25.6 Å². The maximum atomic E-state index is 11.9. The monoisotopic (exact) mass is 300 g/mol. The van der Waals surface area contributed by atoms with E-state index in [0.717, 1.165) is 10.4 Å². The number of nitrogens with one attached hydrogen (secondary N) is 1. The second-order valence-corrected chi connectivity index (χ2v) is 5.55. The lowest BCUT2D eigenvalue weighted by atomic mass is 10.1. The molecule has 0 radical (unpaired) electrons. The van der Waals surface area contributed by atoms with Gasteiger partial charge in [0, 0.05) is 18.5 Å². The topological polar surface area (TPSA) is 90.7 Å². The van der Waals surface area contributed by atoms with Crippen LogP contribution in [0.2, 0.25) is 0 Å². The van der Waals surface area contributed by atoms with E-state index in [0.29, 0.717) is 10.6 Å². The first-order valence-corrected chi connectivity index (χ1v) is 6.97. The van der Waals surface area contributed by atoms with Gasteiger partial charge in [-0.2, -0.15) is 0 Å². The molecule has 0 aromatic carbocycles. The van der Waals surface area contributed by atoms with E-state index in [9.17, 15) is 9.59 Å². The van der Waals surface area contributed by atoms with E-state index in [4.69, 9.17) is 15.2 Å². The number of hydrogen-bond donors (Lipinski definition) is 2. The van der Waals surface area contributed by atoms with Crippen molar-refractivity contribution in [2.75, 3.05) is 26.1 Å². The van der Waals surface area contributed by atoms with Crippen molar-refractivity contribution in [3.05, 3.63) is 16.0 Å². The highest BCUT2D eigenvalue weighted by molar-refractivity contribution is 7.16. The summed E-state index contributed by atoms with van der Waals surface area (Å²) in [6.45, 7) is 3.97. The number of hydrogen-bond acceptors (Lipinski definition) is 6. The highest BCUT2D eigenvalue weighted by Gasteiger charge is 2.22. The molecule has 7 heteroatoms. The zero-order valence-corrected chi connectivity index (χ0v) is 12.9. The summed E-state index contributed by atoms with van der Waals surface area (Å²) in [6, 6.07) is 0. The fraction of sp³-hybridized carbons (Fsp3) is 0.538. The quantitative estimate of drug-likeness (QED) is 0.776. The van der Waals surface area contributed by atoms with Gasteiger partial charge in [0.25, 0.3) is 0 Å². The number of amides is 1. The zero-order chi connectivity index (χ0) is 15.3. The lowest BCUT2D eigenvalue weighted by molar-refractivity contribution is -0.118. The van der Waals surface area contributed by atoms with Crippen molar-refractivity contribution in [1.82, 2.24) is 0 Å². The molecule has 0 spiro atoms. The van der Waals surface area contributed by atoms with Gasteiger partial charge in [0.05, 0.1) is 25.2 Å². The van der Waals surface area contributed by atoms with E-state index >= 15 is 0 Å². The molecule has 0 saturated heterocycles. The van der Waals surface area contributed by atoms with Crippen LogP contribution < -0.4 is 11.1 Å². The Hall–Kier alpha value is -1.44. The van der Waals surface area contributed by atoms with Crippen molar-refractivity contribution in [3.8, 4) is 0 Å². The molecule has 20 heavy (non-hydrogen) atoms. The van der Waals surface area contributed by atoms with Crippen molar-refractivity contribution < 1.29 is 19.1 Å². The summed E-state index contributed by atoms with van der Waals surface area (Å²) in [5.74, 6) is -0.696. The Morgan fingerprint density at radius 3 is 2.50 bits per heavy atom. The average molecular weight is 300 g/mol. The largest absolute Gasteiger partial charge is 0.465 e. The molecule has 1 rings (SSSR count). The van der Waals surface area contributed by atoms with Crippen molar-refractivity contribution in [2.24, 2.45) is 5.73 Å². The molecule has 112 valence electrons. The zero-order valence-electron chi connectivity index (χ0n) is 12.1. The number of esters is 1. The Labute approximate surface area is 122 Å². The van der Waals surface area contributed by atoms with Gasteiger partial charge < -0.3 is 20.5 Å². The van der Waals surface area contributed by atoms with E-state index < -0.39 is 5.97 Å². The van der Waals surface area contributed by atoms with Gasteiger partial charge in [-0.25, -0.2) is 4.79 Å². The second kappa shape index (κ2) is 7.37. The summed E-state index contributed by atoms with van der Waals surface area (Å²) in [6.07, 6.45) is -0.192. The minimum Gasteiger partial charge on any atom is -0.465 e. The highest BCUT2D eigenvalue weighted by atomic mass is 32.1. The summed E-state index contributed by atoms with van der Waals surface area (Å²) in [5, 5.41) is 3.23. The molecular formula is C13H20N2O4S. The van der Waals surface area contributed by atoms with Gasteiger partial charge >= 0.3 is 5.97 Å². The fourth-order valence-corrected chi connectivity index (χ4v) is 2.77. The lowest BCUT2D eigenvalue weighted by Gasteiger charge is -2.12. The number of carbonyl (C=O) groups is 2. The normalized spacial score (nSPS) is 12.1. The minimum atomic E-state index is -0.454. The second-order valence-electron chi connectivity index (χ2n) is 4.32. The molecular weight excluding hydrogens is 280 g/mol. The molecule has 1 amide bonds. The highest BCUT2D eigenvalue weighted by Crippen LogP contribution is 2.33. The smallest absolute Gasteiger partial charge is 0.341 e. The van der Waals surface area contributed by atoms with Crippen LogP contribution in [0.15, 0.2) is 0 Å². The Balaban J connectivity index is 2.90. The molecule has 1 aromatic heterocycles. The van der Waals surface area contributed by atoms with Gasteiger partial charge in [0.15, 0.2) is 0 Å². The molecule has 0 bridgehead atoms. The molecule has 0 aliphatic rings. The average Bonchev–Trinajstić information content (AvgIpc) is 2.70. The Morgan fingerprint density at radius 2 is 2.00 bits per heavy atom. The molecule has 0 aliphatic heterocycles. The minimum absolute atomic E-state index is 0.142. The van der Waals surface area contributed by atoms with Crippen LogP contribution in [0.5, 0.6) is 0 Å². The number of methoxy groups -OCH3 is 2. The number of nitrogens with two attached hydrogens (primary N) is 1. The van der Waals surface area contributed by atoms with Crippen LogP contribution in [0.25, 0.3) is 0 Å². The number of carbonyl (C=O) groups excluding carboxylic acids is 2. The van der Waals surface area contributed by atoms with Crippen molar-refractivity contribution in [2.45, 2.75) is 26.4 Å².